The van der Waals surface area contributed by atoms with Gasteiger partial charge in [-0.05, 0) is 55.4 Å². The fraction of sp³-hybridized carbons (Fsp3) is 0.500. The molecule has 1 aromatic carbocycles. The molecule has 0 radical (unpaired) electrons. The number of hydrogen-bond donors (Lipinski definition) is 1. The molecule has 1 N–H and O–H groups in total. The molecule has 4 rings (SSSR count). The topological polar surface area (TPSA) is 46.9 Å². The van der Waals surface area contributed by atoms with Gasteiger partial charge in [-0.1, -0.05) is 13.3 Å². The van der Waals surface area contributed by atoms with Crippen molar-refractivity contribution in [3.8, 4) is 11.3 Å². The zero-order chi connectivity index (χ0) is 20.3. The molecule has 1 amide bonds. The summed E-state index contributed by atoms with van der Waals surface area (Å²) in [7, 11) is 1.68. The van der Waals surface area contributed by atoms with Crippen molar-refractivity contribution in [3.63, 3.8) is 0 Å². The number of aromatic nitrogens is 2. The molecule has 0 unspecified atom stereocenters. The van der Waals surface area contributed by atoms with E-state index in [4.69, 9.17) is 0 Å². The second kappa shape index (κ2) is 6.06. The van der Waals surface area contributed by atoms with Crippen molar-refractivity contribution in [1.82, 2.24) is 9.78 Å². The van der Waals surface area contributed by atoms with Crippen LogP contribution in [0.1, 0.15) is 44.6 Å². The molecule has 2 aromatic rings. The number of anilines is 1. The number of amides is 1. The first-order valence-corrected chi connectivity index (χ1v) is 9.29. The number of rotatable bonds is 4. The fourth-order valence-corrected chi connectivity index (χ4v) is 4.07. The number of nitrogens with one attached hydrogen (secondary N) is 1. The van der Waals surface area contributed by atoms with Gasteiger partial charge in [0.1, 0.15) is 11.2 Å². The molecule has 2 aliphatic carbocycles. The largest absolute Gasteiger partial charge is 0.403 e. The predicted octanol–water partition coefficient (Wildman–Crippen LogP) is 4.95. The van der Waals surface area contributed by atoms with Gasteiger partial charge in [0.25, 0.3) is 0 Å². The van der Waals surface area contributed by atoms with Crippen LogP contribution in [0.5, 0.6) is 0 Å². The lowest BCUT2D eigenvalue weighted by Gasteiger charge is -2.39. The van der Waals surface area contributed by atoms with Crippen LogP contribution in [0.4, 0.5) is 23.4 Å². The molecular weight excluding hydrogens is 374 g/mol. The van der Waals surface area contributed by atoms with Gasteiger partial charge in [0.2, 0.25) is 5.91 Å². The molecule has 0 aliphatic heterocycles. The van der Waals surface area contributed by atoms with E-state index in [9.17, 15) is 22.4 Å². The summed E-state index contributed by atoms with van der Waals surface area (Å²) in [5.41, 5.74) is -0.487. The normalized spacial score (nSPS) is 19.8. The van der Waals surface area contributed by atoms with Gasteiger partial charge in [0, 0.05) is 18.2 Å². The van der Waals surface area contributed by atoms with Crippen LogP contribution in [0, 0.1) is 11.2 Å². The summed E-state index contributed by atoms with van der Waals surface area (Å²) in [5.74, 6) is -1.26. The first-order valence-electron chi connectivity index (χ1n) is 9.29. The lowest BCUT2D eigenvalue weighted by Crippen LogP contribution is -2.38. The quantitative estimate of drug-likeness (QED) is 0.745. The fourth-order valence-electron chi connectivity index (χ4n) is 4.07. The van der Waals surface area contributed by atoms with Gasteiger partial charge in [0.15, 0.2) is 5.82 Å². The molecule has 4 nitrogen and oxygen atoms in total. The van der Waals surface area contributed by atoms with Gasteiger partial charge < -0.3 is 5.32 Å². The lowest BCUT2D eigenvalue weighted by molar-refractivity contribution is -0.189. The highest BCUT2D eigenvalue weighted by Crippen LogP contribution is 2.58. The molecule has 2 saturated carbocycles. The van der Waals surface area contributed by atoms with Crippen molar-refractivity contribution >= 4 is 11.7 Å². The first kappa shape index (κ1) is 19.0. The van der Waals surface area contributed by atoms with Gasteiger partial charge in [-0.25, -0.2) is 4.39 Å². The smallest absolute Gasteiger partial charge is 0.308 e. The van der Waals surface area contributed by atoms with Crippen LogP contribution in [-0.2, 0) is 17.3 Å². The van der Waals surface area contributed by atoms with Gasteiger partial charge >= 0.3 is 6.18 Å². The summed E-state index contributed by atoms with van der Waals surface area (Å²) < 4.78 is 54.9. The van der Waals surface area contributed by atoms with E-state index in [1.165, 1.54) is 12.1 Å². The molecule has 0 spiro atoms. The number of nitrogens with zero attached hydrogens (tertiary/aromatic N) is 2. The molecule has 28 heavy (non-hydrogen) atoms. The highest BCUT2D eigenvalue weighted by atomic mass is 19.4. The van der Waals surface area contributed by atoms with Crippen LogP contribution in [0.25, 0.3) is 11.3 Å². The number of carbonyl (C=O) groups excluding carboxylic acids is 1. The molecule has 2 aliphatic rings. The van der Waals surface area contributed by atoms with E-state index in [0.717, 1.165) is 24.8 Å². The number of aryl methyl sites for hydroxylation is 1. The van der Waals surface area contributed by atoms with E-state index in [0.29, 0.717) is 11.3 Å². The zero-order valence-electron chi connectivity index (χ0n) is 15.7. The molecule has 8 heteroatoms. The third kappa shape index (κ3) is 2.81. The van der Waals surface area contributed by atoms with Gasteiger partial charge in [-0.15, -0.1) is 0 Å². The van der Waals surface area contributed by atoms with Crippen LogP contribution in [0.3, 0.4) is 0 Å². The van der Waals surface area contributed by atoms with Gasteiger partial charge in [-0.2, -0.15) is 18.3 Å². The molecule has 1 heterocycles. The van der Waals surface area contributed by atoms with E-state index in [1.807, 2.05) is 6.92 Å². The van der Waals surface area contributed by atoms with Gasteiger partial charge in [-0.3, -0.25) is 9.48 Å². The van der Waals surface area contributed by atoms with E-state index >= 15 is 0 Å². The average Bonchev–Trinajstić information content (AvgIpc) is 3.34. The monoisotopic (exact) mass is 395 g/mol. The maximum atomic E-state index is 13.4. The van der Waals surface area contributed by atoms with Crippen molar-refractivity contribution in [2.24, 2.45) is 12.5 Å². The van der Waals surface area contributed by atoms with Crippen LogP contribution in [-0.4, -0.2) is 21.9 Å². The average molecular weight is 395 g/mol. The third-order valence-electron chi connectivity index (χ3n) is 6.18. The van der Waals surface area contributed by atoms with Crippen molar-refractivity contribution < 1.29 is 22.4 Å². The Morgan fingerprint density at radius 1 is 1.14 bits per heavy atom. The van der Waals surface area contributed by atoms with Crippen LogP contribution >= 0.6 is 0 Å². The van der Waals surface area contributed by atoms with E-state index in [2.05, 4.69) is 10.4 Å². The van der Waals surface area contributed by atoms with Crippen molar-refractivity contribution in [2.75, 3.05) is 5.32 Å². The summed E-state index contributed by atoms with van der Waals surface area (Å²) in [6.07, 6.45) is -2.29. The van der Waals surface area contributed by atoms with Crippen LogP contribution in [0.15, 0.2) is 24.3 Å². The Bertz CT molecular complexity index is 922. The number of alkyl halides is 3. The van der Waals surface area contributed by atoms with E-state index in [1.54, 1.807) is 23.9 Å². The third-order valence-corrected chi connectivity index (χ3v) is 6.18. The summed E-state index contributed by atoms with van der Waals surface area (Å²) in [4.78, 5) is 12.5. The summed E-state index contributed by atoms with van der Waals surface area (Å²) in [5, 5.41) is 6.82. The van der Waals surface area contributed by atoms with Crippen molar-refractivity contribution in [3.05, 3.63) is 35.6 Å². The number of benzene rings is 1. The Balaban J connectivity index is 1.77. The zero-order valence-corrected chi connectivity index (χ0v) is 15.7. The van der Waals surface area contributed by atoms with Gasteiger partial charge in [0.05, 0.1) is 5.69 Å². The maximum Gasteiger partial charge on any atom is 0.403 e. The van der Waals surface area contributed by atoms with Crippen molar-refractivity contribution in [1.29, 1.82) is 0 Å². The predicted molar refractivity (Wildman–Crippen MR) is 96.2 cm³/mol. The minimum Gasteiger partial charge on any atom is -0.308 e. The second-order valence-corrected chi connectivity index (χ2v) is 8.15. The summed E-state index contributed by atoms with van der Waals surface area (Å²) in [6.45, 7) is 2.02. The Kier molecular flexibility index (Phi) is 4.10. The Morgan fingerprint density at radius 2 is 1.75 bits per heavy atom. The SMILES string of the molecule is Cn1nc(NC(=O)C2(C(F)(F)F)CC2)c(C2(C)CCC2)c1-c1ccc(F)cc1. The standard InChI is InChI=1S/C20H21F4N3O/c1-18(8-3-9-18)14-15(12-4-6-13(21)7-5-12)27(2)26-16(14)25-17(28)19(10-11-19)20(22,23)24/h4-7H,3,8-11H2,1-2H3,(H,25,26,28). The number of halogens is 4. The summed E-state index contributed by atoms with van der Waals surface area (Å²) >= 11 is 0. The van der Waals surface area contributed by atoms with Crippen molar-refractivity contribution in [2.45, 2.75) is 50.6 Å². The number of carbonyl (C=O) groups is 1. The maximum absolute atomic E-state index is 13.4. The Hall–Kier alpha value is -2.38. The Labute approximate surface area is 159 Å². The number of hydrogen-bond acceptors (Lipinski definition) is 2. The lowest BCUT2D eigenvalue weighted by atomic mass is 9.65. The molecular formula is C20H21F4N3O. The molecule has 0 saturated heterocycles. The Morgan fingerprint density at radius 3 is 2.21 bits per heavy atom. The van der Waals surface area contributed by atoms with E-state index < -0.39 is 17.5 Å². The van der Waals surface area contributed by atoms with Crippen LogP contribution in [0.2, 0.25) is 0 Å². The minimum absolute atomic E-state index is 0.171. The van der Waals surface area contributed by atoms with E-state index in [-0.39, 0.29) is 29.9 Å². The summed E-state index contributed by atoms with van der Waals surface area (Å²) in [6, 6.07) is 5.88. The highest BCUT2D eigenvalue weighted by molar-refractivity contribution is 5.98. The van der Waals surface area contributed by atoms with Crippen LogP contribution < -0.4 is 5.32 Å². The molecule has 0 bridgehead atoms. The second-order valence-electron chi connectivity index (χ2n) is 8.15. The highest BCUT2D eigenvalue weighted by Gasteiger charge is 2.68. The molecule has 150 valence electrons. The molecule has 1 aromatic heterocycles. The minimum atomic E-state index is -4.58. The molecule has 0 atom stereocenters. The molecule has 2 fully saturated rings. The first-order chi connectivity index (χ1) is 13.1.